The molecule has 1 aliphatic heterocycles. The summed E-state index contributed by atoms with van der Waals surface area (Å²) in [6.07, 6.45) is 0.988. The maximum Gasteiger partial charge on any atom is 0.121 e. The Morgan fingerprint density at radius 1 is 1.35 bits per heavy atom. The number of hydrogen-bond acceptors (Lipinski definition) is 3. The van der Waals surface area contributed by atoms with Crippen LogP contribution in [0.5, 0.6) is 5.75 Å². The maximum absolute atomic E-state index is 10.3. The van der Waals surface area contributed by atoms with Crippen molar-refractivity contribution >= 4 is 22.4 Å². The second-order valence-electron chi connectivity index (χ2n) is 5.66. The Morgan fingerprint density at radius 3 is 2.85 bits per heavy atom. The second kappa shape index (κ2) is 5.24. The predicted octanol–water partition coefficient (Wildman–Crippen LogP) is 3.15. The number of halogens is 1. The third-order valence-electron chi connectivity index (χ3n) is 4.30. The van der Waals surface area contributed by atoms with Gasteiger partial charge in [-0.2, -0.15) is 0 Å². The van der Waals surface area contributed by atoms with Gasteiger partial charge in [0, 0.05) is 23.2 Å². The van der Waals surface area contributed by atoms with Crippen LogP contribution in [0.4, 0.5) is 0 Å². The normalized spacial score (nSPS) is 23.6. The molecular formula is C16H19ClN2O. The first-order valence-electron chi connectivity index (χ1n) is 6.91. The van der Waals surface area contributed by atoms with Gasteiger partial charge in [0.1, 0.15) is 5.75 Å². The number of phenolic OH excluding ortho intramolecular Hbond substituents is 1. The molecule has 3 rings (SSSR count). The molecule has 20 heavy (non-hydrogen) atoms. The van der Waals surface area contributed by atoms with E-state index in [-0.39, 0.29) is 6.04 Å². The van der Waals surface area contributed by atoms with Gasteiger partial charge in [-0.3, -0.25) is 4.90 Å². The van der Waals surface area contributed by atoms with Gasteiger partial charge in [-0.15, -0.1) is 0 Å². The van der Waals surface area contributed by atoms with Crippen molar-refractivity contribution in [2.45, 2.75) is 12.5 Å². The van der Waals surface area contributed by atoms with Crippen molar-refractivity contribution in [3.8, 4) is 5.75 Å². The molecule has 2 aromatic rings. The first-order chi connectivity index (χ1) is 9.60. The van der Waals surface area contributed by atoms with Crippen molar-refractivity contribution in [1.29, 1.82) is 0 Å². The fourth-order valence-corrected chi connectivity index (χ4v) is 3.46. The number of hydrogen-bond donors (Lipinski definition) is 2. The number of rotatable bonds is 2. The Hall–Kier alpha value is -1.29. The Labute approximate surface area is 123 Å². The molecule has 0 spiro atoms. The topological polar surface area (TPSA) is 49.5 Å². The van der Waals surface area contributed by atoms with Crippen LogP contribution in [0, 0.1) is 5.92 Å². The van der Waals surface area contributed by atoms with E-state index >= 15 is 0 Å². The Kier molecular flexibility index (Phi) is 3.59. The van der Waals surface area contributed by atoms with Crippen LogP contribution in [0.15, 0.2) is 30.3 Å². The van der Waals surface area contributed by atoms with Crippen LogP contribution in [0.3, 0.4) is 0 Å². The summed E-state index contributed by atoms with van der Waals surface area (Å²) in [5, 5.41) is 13.2. The number of likely N-dealkylation sites (tertiary alicyclic amines) is 1. The molecule has 0 aliphatic carbocycles. The Balaban J connectivity index is 2.13. The molecule has 2 atom stereocenters. The van der Waals surface area contributed by atoms with E-state index in [1.54, 1.807) is 6.07 Å². The van der Waals surface area contributed by atoms with E-state index < -0.39 is 0 Å². The van der Waals surface area contributed by atoms with Crippen LogP contribution in [0.2, 0.25) is 5.02 Å². The van der Waals surface area contributed by atoms with Crippen LogP contribution in [0.25, 0.3) is 10.8 Å². The smallest absolute Gasteiger partial charge is 0.121 e. The predicted molar refractivity (Wildman–Crippen MR) is 83.2 cm³/mol. The van der Waals surface area contributed by atoms with Gasteiger partial charge < -0.3 is 10.8 Å². The molecule has 3 N–H and O–H groups in total. The highest BCUT2D eigenvalue weighted by Gasteiger charge is 2.32. The second-order valence-corrected chi connectivity index (χ2v) is 6.09. The lowest BCUT2D eigenvalue weighted by molar-refractivity contribution is 0.307. The summed E-state index contributed by atoms with van der Waals surface area (Å²) in [4.78, 5) is 2.28. The maximum atomic E-state index is 10.3. The zero-order valence-electron chi connectivity index (χ0n) is 11.5. The van der Waals surface area contributed by atoms with E-state index in [2.05, 4.69) is 11.9 Å². The van der Waals surface area contributed by atoms with E-state index in [1.807, 2.05) is 24.3 Å². The lowest BCUT2D eigenvalue weighted by Crippen LogP contribution is -2.20. The average Bonchev–Trinajstić information content (AvgIpc) is 2.80. The van der Waals surface area contributed by atoms with Crippen molar-refractivity contribution in [2.75, 3.05) is 20.1 Å². The zero-order valence-corrected chi connectivity index (χ0v) is 12.3. The fourth-order valence-electron chi connectivity index (χ4n) is 3.28. The molecule has 1 saturated heterocycles. The fraction of sp³-hybridized carbons (Fsp3) is 0.375. The van der Waals surface area contributed by atoms with Gasteiger partial charge in [0.2, 0.25) is 0 Å². The van der Waals surface area contributed by atoms with E-state index in [1.165, 1.54) is 0 Å². The SMILES string of the molecule is CN1CC(CN)CC1c1c(O)ccc2cc(Cl)ccc12. The summed E-state index contributed by atoms with van der Waals surface area (Å²) in [7, 11) is 2.09. The van der Waals surface area contributed by atoms with Crippen LogP contribution < -0.4 is 5.73 Å². The standard InChI is InChI=1S/C16H19ClN2O/c1-19-9-10(8-18)6-14(19)16-13-4-3-12(17)7-11(13)2-5-15(16)20/h2-5,7,10,14,20H,6,8-9,18H2,1H3. The van der Waals surface area contributed by atoms with Crippen molar-refractivity contribution in [2.24, 2.45) is 11.7 Å². The quantitative estimate of drug-likeness (QED) is 0.893. The summed E-state index contributed by atoms with van der Waals surface area (Å²) in [5.74, 6) is 0.848. The number of benzene rings is 2. The largest absolute Gasteiger partial charge is 0.508 e. The van der Waals surface area contributed by atoms with Gasteiger partial charge >= 0.3 is 0 Å². The molecular weight excluding hydrogens is 272 g/mol. The van der Waals surface area contributed by atoms with Crippen LogP contribution in [0.1, 0.15) is 18.0 Å². The van der Waals surface area contributed by atoms with Crippen molar-refractivity contribution in [1.82, 2.24) is 4.90 Å². The molecule has 2 unspecified atom stereocenters. The highest BCUT2D eigenvalue weighted by Crippen LogP contribution is 2.42. The highest BCUT2D eigenvalue weighted by atomic mass is 35.5. The van der Waals surface area contributed by atoms with Crippen molar-refractivity contribution < 1.29 is 5.11 Å². The molecule has 0 bridgehead atoms. The number of nitrogens with zero attached hydrogens (tertiary/aromatic N) is 1. The molecule has 0 radical (unpaired) electrons. The molecule has 0 amide bonds. The molecule has 1 heterocycles. The summed E-state index contributed by atoms with van der Waals surface area (Å²) < 4.78 is 0. The van der Waals surface area contributed by atoms with Crippen LogP contribution in [-0.2, 0) is 0 Å². The van der Waals surface area contributed by atoms with Crippen LogP contribution >= 0.6 is 11.6 Å². The van der Waals surface area contributed by atoms with Crippen molar-refractivity contribution in [3.63, 3.8) is 0 Å². The van der Waals surface area contributed by atoms with Gasteiger partial charge in [-0.25, -0.2) is 0 Å². The summed E-state index contributed by atoms with van der Waals surface area (Å²) in [5.41, 5.74) is 6.80. The Bertz CT molecular complexity index is 644. The first kappa shape index (κ1) is 13.7. The first-order valence-corrected chi connectivity index (χ1v) is 7.29. The summed E-state index contributed by atoms with van der Waals surface area (Å²) >= 11 is 6.06. The van der Waals surface area contributed by atoms with E-state index in [4.69, 9.17) is 17.3 Å². The summed E-state index contributed by atoms with van der Waals surface area (Å²) in [6.45, 7) is 1.67. The molecule has 4 heteroatoms. The third-order valence-corrected chi connectivity index (χ3v) is 4.54. The summed E-state index contributed by atoms with van der Waals surface area (Å²) in [6, 6.07) is 9.70. The van der Waals surface area contributed by atoms with Gasteiger partial charge in [0.05, 0.1) is 0 Å². The molecule has 106 valence electrons. The molecule has 2 aromatic carbocycles. The lowest BCUT2D eigenvalue weighted by Gasteiger charge is -2.22. The zero-order chi connectivity index (χ0) is 14.3. The molecule has 0 aromatic heterocycles. The number of aromatic hydroxyl groups is 1. The van der Waals surface area contributed by atoms with E-state index in [0.29, 0.717) is 23.2 Å². The van der Waals surface area contributed by atoms with Crippen molar-refractivity contribution in [3.05, 3.63) is 40.9 Å². The monoisotopic (exact) mass is 290 g/mol. The molecule has 1 fully saturated rings. The number of nitrogens with two attached hydrogens (primary N) is 1. The van der Waals surface area contributed by atoms with E-state index in [9.17, 15) is 5.11 Å². The minimum absolute atomic E-state index is 0.216. The minimum Gasteiger partial charge on any atom is -0.508 e. The Morgan fingerprint density at radius 2 is 2.15 bits per heavy atom. The van der Waals surface area contributed by atoms with Gasteiger partial charge in [-0.05, 0) is 54.9 Å². The molecule has 1 aliphatic rings. The lowest BCUT2D eigenvalue weighted by atomic mass is 9.94. The van der Waals surface area contributed by atoms with Gasteiger partial charge in [0.25, 0.3) is 0 Å². The average molecular weight is 291 g/mol. The number of phenols is 1. The van der Waals surface area contributed by atoms with Gasteiger partial charge in [0.15, 0.2) is 0 Å². The van der Waals surface area contributed by atoms with E-state index in [0.717, 1.165) is 29.3 Å². The number of fused-ring (bicyclic) bond motifs is 1. The molecule has 0 saturated carbocycles. The van der Waals surface area contributed by atoms with Crippen LogP contribution in [-0.4, -0.2) is 30.1 Å². The minimum atomic E-state index is 0.216. The van der Waals surface area contributed by atoms with Gasteiger partial charge in [-0.1, -0.05) is 23.7 Å². The highest BCUT2D eigenvalue weighted by molar-refractivity contribution is 6.31. The third kappa shape index (κ3) is 2.26. The molecule has 3 nitrogen and oxygen atoms in total.